The van der Waals surface area contributed by atoms with E-state index in [4.69, 9.17) is 13.9 Å². The van der Waals surface area contributed by atoms with Crippen LogP contribution in [0.1, 0.15) is 29.3 Å². The first-order valence-corrected chi connectivity index (χ1v) is 11.0. The van der Waals surface area contributed by atoms with E-state index in [2.05, 4.69) is 5.32 Å². The summed E-state index contributed by atoms with van der Waals surface area (Å²) >= 11 is 0. The molecule has 0 bridgehead atoms. The molecule has 11 nitrogen and oxygen atoms in total. The number of hydroxylamine groups is 1. The molecule has 0 radical (unpaired) electrons. The van der Waals surface area contributed by atoms with Crippen molar-refractivity contribution in [2.45, 2.75) is 25.8 Å². The molecule has 3 N–H and O–H groups in total. The number of benzene rings is 2. The number of hydrogen-bond acceptors (Lipinski definition) is 8. The van der Waals surface area contributed by atoms with Gasteiger partial charge in [-0.1, -0.05) is 18.2 Å². The molecule has 0 aliphatic heterocycles. The number of amides is 2. The van der Waals surface area contributed by atoms with Crippen LogP contribution in [0.5, 0.6) is 0 Å². The van der Waals surface area contributed by atoms with Gasteiger partial charge in [0.15, 0.2) is 0 Å². The van der Waals surface area contributed by atoms with E-state index in [1.54, 1.807) is 11.7 Å². The first kappa shape index (κ1) is 25.8. The summed E-state index contributed by atoms with van der Waals surface area (Å²) in [5, 5.41) is 23.8. The van der Waals surface area contributed by atoms with Gasteiger partial charge in [0, 0.05) is 35.6 Å². The third-order valence-corrected chi connectivity index (χ3v) is 5.44. The van der Waals surface area contributed by atoms with Crippen molar-refractivity contribution in [2.75, 3.05) is 20.0 Å². The number of nitrogens with zero attached hydrogens (tertiary/aromatic N) is 1. The van der Waals surface area contributed by atoms with Crippen LogP contribution in [0.15, 0.2) is 59.2 Å². The van der Waals surface area contributed by atoms with Gasteiger partial charge in [0.2, 0.25) is 5.91 Å². The van der Waals surface area contributed by atoms with Gasteiger partial charge in [-0.05, 0) is 43.5 Å². The molecule has 0 saturated heterocycles. The van der Waals surface area contributed by atoms with Crippen LogP contribution in [0.2, 0.25) is 0 Å². The highest BCUT2D eigenvalue weighted by atomic mass is 16.7. The van der Waals surface area contributed by atoms with Crippen LogP contribution in [0.25, 0.3) is 11.0 Å². The highest BCUT2D eigenvalue weighted by Crippen LogP contribution is 2.25. The maximum atomic E-state index is 12.8. The van der Waals surface area contributed by atoms with E-state index in [-0.39, 0.29) is 37.5 Å². The fourth-order valence-electron chi connectivity index (χ4n) is 3.68. The number of nitro benzene ring substituents is 1. The number of carbonyl (C=O) groups is 2. The lowest BCUT2D eigenvalue weighted by Crippen LogP contribution is -2.42. The number of hydrogen-bond donors (Lipinski definition) is 3. The summed E-state index contributed by atoms with van der Waals surface area (Å²) in [6.45, 7) is 2.31. The summed E-state index contributed by atoms with van der Waals surface area (Å²) < 4.78 is 16.2. The number of nitro groups is 1. The van der Waals surface area contributed by atoms with Crippen LogP contribution >= 0.6 is 0 Å². The maximum absolute atomic E-state index is 12.8. The van der Waals surface area contributed by atoms with Gasteiger partial charge in [-0.2, -0.15) is 0 Å². The Morgan fingerprint density at radius 1 is 1.14 bits per heavy atom. The number of carbonyl (C=O) groups excluding carboxylic acids is 2. The molecular formula is C24H27N3O8. The van der Waals surface area contributed by atoms with Gasteiger partial charge >= 0.3 is 0 Å². The molecule has 35 heavy (non-hydrogen) atoms. The Labute approximate surface area is 201 Å². The lowest BCUT2D eigenvalue weighted by Gasteiger charge is -2.23. The highest BCUT2D eigenvalue weighted by Gasteiger charge is 2.26. The van der Waals surface area contributed by atoms with Crippen LogP contribution < -0.4 is 10.8 Å². The van der Waals surface area contributed by atoms with Gasteiger partial charge in [0.05, 0.1) is 23.8 Å². The molecule has 2 aromatic carbocycles. The van der Waals surface area contributed by atoms with Crippen molar-refractivity contribution >= 4 is 28.5 Å². The molecule has 0 fully saturated rings. The zero-order chi connectivity index (χ0) is 25.2. The second kappa shape index (κ2) is 12.6. The standard InChI is InChI=1S/C24H27N3O8/c1-2-33-15-34-14-19(25-23(28)16-7-9-20(10-8-16)27(31)32)12-17(24(29)26-30)11-18-13-35-22-6-4-3-5-21(18)22/h3-10,13,17,19,30H,2,11-12,14-15H2,1H3,(H,25,28)(H,26,29)/t17-,19-/m0/s1. The van der Waals surface area contributed by atoms with Crippen LogP contribution in [0.4, 0.5) is 5.69 Å². The lowest BCUT2D eigenvalue weighted by molar-refractivity contribution is -0.384. The van der Waals surface area contributed by atoms with Crippen molar-refractivity contribution in [3.63, 3.8) is 0 Å². The van der Waals surface area contributed by atoms with Gasteiger partial charge in [-0.3, -0.25) is 24.9 Å². The molecule has 0 unspecified atom stereocenters. The third kappa shape index (κ3) is 7.09. The van der Waals surface area contributed by atoms with Crippen molar-refractivity contribution in [1.29, 1.82) is 0 Å². The van der Waals surface area contributed by atoms with Crippen molar-refractivity contribution in [3.8, 4) is 0 Å². The van der Waals surface area contributed by atoms with Crippen molar-refractivity contribution in [2.24, 2.45) is 5.92 Å². The molecular weight excluding hydrogens is 458 g/mol. The van der Waals surface area contributed by atoms with Gasteiger partial charge in [0.1, 0.15) is 12.4 Å². The van der Waals surface area contributed by atoms with E-state index >= 15 is 0 Å². The first-order chi connectivity index (χ1) is 16.9. The maximum Gasteiger partial charge on any atom is 0.269 e. The average Bonchev–Trinajstić information content (AvgIpc) is 3.28. The quantitative estimate of drug-likeness (QED) is 0.110. The van der Waals surface area contributed by atoms with Crippen molar-refractivity contribution in [1.82, 2.24) is 10.8 Å². The summed E-state index contributed by atoms with van der Waals surface area (Å²) in [7, 11) is 0. The van der Waals surface area contributed by atoms with Crippen molar-refractivity contribution in [3.05, 3.63) is 76.0 Å². The van der Waals surface area contributed by atoms with E-state index in [1.165, 1.54) is 24.3 Å². The van der Waals surface area contributed by atoms with Crippen LogP contribution in [0, 0.1) is 16.0 Å². The van der Waals surface area contributed by atoms with Gasteiger partial charge in [0.25, 0.3) is 11.6 Å². The molecule has 0 aliphatic rings. The molecule has 0 spiro atoms. The number of ether oxygens (including phenoxy) is 2. The summed E-state index contributed by atoms with van der Waals surface area (Å²) in [5.41, 5.74) is 3.24. The Hall–Kier alpha value is -3.80. The minimum absolute atomic E-state index is 0.00360. The SMILES string of the molecule is CCOCOC[C@H](C[C@H](Cc1coc2ccccc12)C(=O)NO)NC(=O)c1ccc([N+](=O)[O-])cc1. The molecule has 2 amide bonds. The molecule has 1 heterocycles. The Bertz CT molecular complexity index is 1150. The second-order valence-electron chi connectivity index (χ2n) is 7.83. The Morgan fingerprint density at radius 2 is 1.89 bits per heavy atom. The predicted molar refractivity (Wildman–Crippen MR) is 125 cm³/mol. The number of nitrogens with one attached hydrogen (secondary N) is 2. The van der Waals surface area contributed by atoms with Crippen LogP contribution in [-0.4, -0.2) is 48.0 Å². The van der Waals surface area contributed by atoms with Gasteiger partial charge < -0.3 is 19.2 Å². The molecule has 11 heteroatoms. The molecule has 0 aliphatic carbocycles. The zero-order valence-electron chi connectivity index (χ0n) is 19.1. The highest BCUT2D eigenvalue weighted by molar-refractivity contribution is 5.94. The smallest absolute Gasteiger partial charge is 0.269 e. The molecule has 1 aromatic heterocycles. The molecule has 186 valence electrons. The van der Waals surface area contributed by atoms with E-state index in [0.29, 0.717) is 12.2 Å². The van der Waals surface area contributed by atoms with E-state index in [0.717, 1.165) is 10.9 Å². The number of fused-ring (bicyclic) bond motifs is 1. The third-order valence-electron chi connectivity index (χ3n) is 5.44. The van der Waals surface area contributed by atoms with E-state index < -0.39 is 28.7 Å². The topological polar surface area (TPSA) is 153 Å². The van der Waals surface area contributed by atoms with Crippen LogP contribution in [-0.2, 0) is 20.7 Å². The van der Waals surface area contributed by atoms with Gasteiger partial charge in [-0.15, -0.1) is 0 Å². The zero-order valence-corrected chi connectivity index (χ0v) is 19.1. The number of rotatable bonds is 13. The fraction of sp³-hybridized carbons (Fsp3) is 0.333. The number of furan rings is 1. The summed E-state index contributed by atoms with van der Waals surface area (Å²) in [6, 6.07) is 11.9. The predicted octanol–water partition coefficient (Wildman–Crippen LogP) is 3.20. The molecule has 0 saturated carbocycles. The first-order valence-electron chi connectivity index (χ1n) is 11.0. The van der Waals surface area contributed by atoms with E-state index in [1.807, 2.05) is 31.2 Å². The molecule has 3 aromatic rings. The fourth-order valence-corrected chi connectivity index (χ4v) is 3.68. The molecule has 2 atom stereocenters. The average molecular weight is 485 g/mol. The number of non-ortho nitro benzene ring substituents is 1. The second-order valence-corrected chi connectivity index (χ2v) is 7.83. The summed E-state index contributed by atoms with van der Waals surface area (Å²) in [5.74, 6) is -1.82. The lowest BCUT2D eigenvalue weighted by atomic mass is 9.91. The van der Waals surface area contributed by atoms with Crippen LogP contribution in [0.3, 0.4) is 0 Å². The summed E-state index contributed by atoms with van der Waals surface area (Å²) in [6.07, 6.45) is 1.95. The monoisotopic (exact) mass is 485 g/mol. The Balaban J connectivity index is 1.76. The summed E-state index contributed by atoms with van der Waals surface area (Å²) in [4.78, 5) is 35.6. The van der Waals surface area contributed by atoms with Crippen molar-refractivity contribution < 1.29 is 33.6 Å². The minimum atomic E-state index is -0.723. The Kier molecular flexibility index (Phi) is 9.30. The largest absolute Gasteiger partial charge is 0.464 e. The Morgan fingerprint density at radius 3 is 2.57 bits per heavy atom. The van der Waals surface area contributed by atoms with E-state index in [9.17, 15) is 24.9 Å². The minimum Gasteiger partial charge on any atom is -0.464 e. The normalized spacial score (nSPS) is 12.7. The molecule has 3 rings (SSSR count). The number of para-hydroxylation sites is 1. The van der Waals surface area contributed by atoms with Gasteiger partial charge in [-0.25, -0.2) is 5.48 Å².